The van der Waals surface area contributed by atoms with Crippen LogP contribution in [0.4, 0.5) is 0 Å². The average molecular weight is 280 g/mol. The molecule has 2 atom stereocenters. The summed E-state index contributed by atoms with van der Waals surface area (Å²) < 4.78 is 0. The van der Waals surface area contributed by atoms with Gasteiger partial charge < -0.3 is 5.32 Å². The second-order valence-electron chi connectivity index (χ2n) is 5.64. The van der Waals surface area contributed by atoms with Crippen molar-refractivity contribution in [2.75, 3.05) is 39.3 Å². The van der Waals surface area contributed by atoms with E-state index in [-0.39, 0.29) is 0 Å². The van der Waals surface area contributed by atoms with Crippen LogP contribution in [0.5, 0.6) is 0 Å². The molecule has 1 aromatic heterocycles. The van der Waals surface area contributed by atoms with Crippen LogP contribution in [0.3, 0.4) is 0 Å². The van der Waals surface area contributed by atoms with E-state index < -0.39 is 0 Å². The van der Waals surface area contributed by atoms with E-state index in [2.05, 4.69) is 27.0 Å². The number of aromatic nitrogens is 1. The molecule has 0 spiro atoms. The van der Waals surface area contributed by atoms with Gasteiger partial charge in [-0.25, -0.2) is 0 Å². The van der Waals surface area contributed by atoms with E-state index in [4.69, 9.17) is 0 Å². The summed E-state index contributed by atoms with van der Waals surface area (Å²) in [5.74, 6) is 0. The quantitative estimate of drug-likeness (QED) is 0.844. The summed E-state index contributed by atoms with van der Waals surface area (Å²) >= 11 is 1.79. The van der Waals surface area contributed by atoms with Crippen LogP contribution in [-0.4, -0.2) is 66.1 Å². The summed E-state index contributed by atoms with van der Waals surface area (Å²) in [4.78, 5) is 10.9. The second-order valence-corrected chi connectivity index (χ2v) is 6.61. The fraction of sp³-hybridized carbons (Fsp3) is 0.786. The lowest BCUT2D eigenvalue weighted by atomic mass is 9.97. The number of nitrogens with one attached hydrogen (secondary N) is 1. The number of thiazole rings is 1. The molecule has 3 aliphatic heterocycles. The number of piperazine rings is 3. The van der Waals surface area contributed by atoms with Crippen LogP contribution >= 0.6 is 11.3 Å². The Balaban J connectivity index is 1.67. The monoisotopic (exact) mass is 280 g/mol. The smallest absolute Gasteiger partial charge is 0.0794 e. The van der Waals surface area contributed by atoms with Gasteiger partial charge in [0, 0.05) is 62.3 Å². The van der Waals surface area contributed by atoms with Crippen LogP contribution in [0.25, 0.3) is 0 Å². The zero-order valence-electron chi connectivity index (χ0n) is 11.7. The number of hydrogen-bond acceptors (Lipinski definition) is 5. The molecule has 0 aromatic carbocycles. The molecule has 2 unspecified atom stereocenters. The van der Waals surface area contributed by atoms with Crippen LogP contribution in [0.1, 0.15) is 18.2 Å². The van der Waals surface area contributed by atoms with Crippen LogP contribution < -0.4 is 5.32 Å². The van der Waals surface area contributed by atoms with Crippen molar-refractivity contribution in [2.24, 2.45) is 0 Å². The van der Waals surface area contributed by atoms with Crippen molar-refractivity contribution in [3.05, 3.63) is 16.6 Å². The summed E-state index contributed by atoms with van der Waals surface area (Å²) in [7, 11) is 0. The number of fused-ring (bicyclic) bond motifs is 3. The third-order valence-corrected chi connectivity index (χ3v) is 5.15. The van der Waals surface area contributed by atoms with E-state index in [0.29, 0.717) is 12.1 Å². The third-order valence-electron chi connectivity index (χ3n) is 4.35. The molecule has 4 nitrogen and oxygen atoms in total. The van der Waals surface area contributed by atoms with E-state index in [1.54, 1.807) is 11.3 Å². The van der Waals surface area contributed by atoms with Gasteiger partial charge in [-0.1, -0.05) is 6.92 Å². The van der Waals surface area contributed by atoms with Crippen molar-refractivity contribution in [3.63, 3.8) is 0 Å². The van der Waals surface area contributed by atoms with Crippen molar-refractivity contribution in [2.45, 2.75) is 31.8 Å². The summed E-state index contributed by atoms with van der Waals surface area (Å²) in [5, 5.41) is 3.77. The van der Waals surface area contributed by atoms with Crippen LogP contribution in [0.2, 0.25) is 0 Å². The fourth-order valence-corrected chi connectivity index (χ4v) is 3.93. The Morgan fingerprint density at radius 1 is 1.42 bits per heavy atom. The molecule has 0 aliphatic carbocycles. The van der Waals surface area contributed by atoms with Gasteiger partial charge >= 0.3 is 0 Å². The van der Waals surface area contributed by atoms with Gasteiger partial charge in [0.05, 0.1) is 5.51 Å². The minimum Gasteiger partial charge on any atom is -0.312 e. The molecule has 3 fully saturated rings. The molecular formula is C14H24N4S. The van der Waals surface area contributed by atoms with Gasteiger partial charge in [0.15, 0.2) is 0 Å². The maximum absolute atomic E-state index is 4.22. The Morgan fingerprint density at radius 2 is 2.26 bits per heavy atom. The van der Waals surface area contributed by atoms with Crippen molar-refractivity contribution < 1.29 is 0 Å². The lowest BCUT2D eigenvalue weighted by molar-refractivity contribution is -0.00299. The highest BCUT2D eigenvalue weighted by Crippen LogP contribution is 2.21. The highest BCUT2D eigenvalue weighted by Gasteiger charge is 2.36. The van der Waals surface area contributed by atoms with Crippen molar-refractivity contribution >= 4 is 11.3 Å². The number of hydrogen-bond donors (Lipinski definition) is 1. The molecule has 2 bridgehead atoms. The zero-order valence-corrected chi connectivity index (χ0v) is 12.5. The molecule has 106 valence electrons. The minimum atomic E-state index is 0.573. The summed E-state index contributed by atoms with van der Waals surface area (Å²) in [5.41, 5.74) is 1.95. The lowest BCUT2D eigenvalue weighted by Gasteiger charge is -2.50. The second kappa shape index (κ2) is 6.31. The van der Waals surface area contributed by atoms with Crippen molar-refractivity contribution in [1.29, 1.82) is 0 Å². The van der Waals surface area contributed by atoms with E-state index in [0.717, 1.165) is 13.0 Å². The molecular weight excluding hydrogens is 256 g/mol. The van der Waals surface area contributed by atoms with Gasteiger partial charge in [-0.3, -0.25) is 14.8 Å². The Bertz CT molecular complexity index is 373. The Morgan fingerprint density at radius 3 is 2.84 bits per heavy atom. The first-order valence-electron chi connectivity index (χ1n) is 7.44. The number of rotatable bonds is 6. The van der Waals surface area contributed by atoms with Gasteiger partial charge in [-0.15, -0.1) is 11.3 Å². The lowest BCUT2D eigenvalue weighted by Crippen LogP contribution is -2.66. The molecule has 0 saturated carbocycles. The molecule has 4 rings (SSSR count). The third kappa shape index (κ3) is 3.16. The van der Waals surface area contributed by atoms with Gasteiger partial charge in [0.2, 0.25) is 0 Å². The molecule has 3 saturated heterocycles. The molecule has 3 aliphatic rings. The topological polar surface area (TPSA) is 31.4 Å². The molecule has 5 heteroatoms. The predicted molar refractivity (Wildman–Crippen MR) is 79.7 cm³/mol. The van der Waals surface area contributed by atoms with Gasteiger partial charge in [-0.2, -0.15) is 0 Å². The van der Waals surface area contributed by atoms with Crippen molar-refractivity contribution in [1.82, 2.24) is 20.1 Å². The first-order chi connectivity index (χ1) is 9.36. The Hall–Kier alpha value is -0.490. The molecule has 4 heterocycles. The van der Waals surface area contributed by atoms with Crippen LogP contribution in [-0.2, 0) is 6.42 Å². The van der Waals surface area contributed by atoms with E-state index in [9.17, 15) is 0 Å². The Labute approximate surface area is 119 Å². The molecule has 0 radical (unpaired) electrons. The van der Waals surface area contributed by atoms with E-state index in [1.807, 2.05) is 11.7 Å². The maximum atomic E-state index is 4.22. The molecule has 0 amide bonds. The largest absolute Gasteiger partial charge is 0.312 e. The van der Waals surface area contributed by atoms with E-state index in [1.165, 1.54) is 44.0 Å². The minimum absolute atomic E-state index is 0.573. The zero-order chi connectivity index (χ0) is 13.1. The summed E-state index contributed by atoms with van der Waals surface area (Å²) in [6.45, 7) is 9.62. The van der Waals surface area contributed by atoms with Crippen LogP contribution in [0.15, 0.2) is 11.7 Å². The van der Waals surface area contributed by atoms with Gasteiger partial charge in [0.25, 0.3) is 0 Å². The molecule has 1 aromatic rings. The fourth-order valence-electron chi connectivity index (χ4n) is 3.27. The van der Waals surface area contributed by atoms with E-state index >= 15 is 0 Å². The maximum Gasteiger partial charge on any atom is 0.0794 e. The van der Waals surface area contributed by atoms with Crippen molar-refractivity contribution in [3.8, 4) is 0 Å². The average Bonchev–Trinajstić information content (AvgIpc) is 2.97. The Kier molecular flexibility index (Phi) is 4.48. The summed E-state index contributed by atoms with van der Waals surface area (Å²) in [6.07, 6.45) is 4.36. The molecule has 19 heavy (non-hydrogen) atoms. The van der Waals surface area contributed by atoms with Gasteiger partial charge in [-0.05, 0) is 13.0 Å². The highest BCUT2D eigenvalue weighted by molar-refractivity contribution is 7.09. The predicted octanol–water partition coefficient (Wildman–Crippen LogP) is 1.05. The SMILES string of the molecule is CCCNC(Cc1cncs1)C1CN2CCN1CC2. The van der Waals surface area contributed by atoms with Gasteiger partial charge in [0.1, 0.15) is 0 Å². The molecule has 1 N–H and O–H groups in total. The highest BCUT2D eigenvalue weighted by atomic mass is 32.1. The first-order valence-corrected chi connectivity index (χ1v) is 8.32. The number of nitrogens with zero attached hydrogens (tertiary/aromatic N) is 3. The standard InChI is InChI=1S/C14H24N4S/c1-2-3-16-13(8-12-9-15-11-19-12)14-10-17-4-6-18(14)7-5-17/h9,11,13-14,16H,2-8,10H2,1H3. The first kappa shape index (κ1) is 13.5. The summed E-state index contributed by atoms with van der Waals surface area (Å²) in [6, 6.07) is 1.25. The van der Waals surface area contributed by atoms with Crippen LogP contribution in [0, 0.1) is 0 Å². The normalized spacial score (nSPS) is 31.5.